The Morgan fingerprint density at radius 3 is 2.90 bits per heavy atom. The van der Waals surface area contributed by atoms with Crippen LogP contribution in [0.5, 0.6) is 0 Å². The molecular formula is C15H13ClN4S. The summed E-state index contributed by atoms with van der Waals surface area (Å²) in [7, 11) is 0. The maximum atomic E-state index is 6.31. The Kier molecular flexibility index (Phi) is 3.86. The number of nitrogens with zero attached hydrogens (tertiary/aromatic N) is 3. The number of aromatic nitrogens is 4. The van der Waals surface area contributed by atoms with Crippen LogP contribution in [0, 0.1) is 11.7 Å². The van der Waals surface area contributed by atoms with Gasteiger partial charge in [-0.25, -0.2) is 0 Å². The molecule has 21 heavy (non-hydrogen) atoms. The van der Waals surface area contributed by atoms with E-state index < -0.39 is 0 Å². The van der Waals surface area contributed by atoms with Gasteiger partial charge in [-0.05, 0) is 49.0 Å². The first kappa shape index (κ1) is 14.0. The maximum Gasteiger partial charge on any atom is 0.199 e. The lowest BCUT2D eigenvalue weighted by atomic mass is 10.2. The average Bonchev–Trinajstić information content (AvgIpc) is 2.84. The van der Waals surface area contributed by atoms with Crippen LogP contribution in [0.4, 0.5) is 0 Å². The molecule has 0 fully saturated rings. The second kappa shape index (κ2) is 5.79. The molecule has 3 aromatic rings. The lowest BCUT2D eigenvalue weighted by Gasteiger charge is -2.09. The molecule has 0 saturated heterocycles. The van der Waals surface area contributed by atoms with Crippen LogP contribution in [0.1, 0.15) is 17.1 Å². The van der Waals surface area contributed by atoms with Crippen molar-refractivity contribution in [2.45, 2.75) is 13.3 Å². The Labute approximate surface area is 132 Å². The highest BCUT2D eigenvalue weighted by Crippen LogP contribution is 2.23. The zero-order chi connectivity index (χ0) is 14.8. The molecule has 106 valence electrons. The number of benzene rings is 1. The number of halogens is 1. The first-order valence-corrected chi connectivity index (χ1v) is 7.26. The van der Waals surface area contributed by atoms with Crippen molar-refractivity contribution in [1.29, 1.82) is 0 Å². The van der Waals surface area contributed by atoms with Crippen molar-refractivity contribution in [2.75, 3.05) is 0 Å². The van der Waals surface area contributed by atoms with E-state index in [-0.39, 0.29) is 0 Å². The van der Waals surface area contributed by atoms with Crippen molar-refractivity contribution in [2.24, 2.45) is 0 Å². The molecule has 0 aliphatic carbocycles. The Bertz CT molecular complexity index is 823. The van der Waals surface area contributed by atoms with E-state index in [0.29, 0.717) is 16.2 Å². The molecule has 0 radical (unpaired) electrons. The third-order valence-corrected chi connectivity index (χ3v) is 3.74. The highest BCUT2D eigenvalue weighted by Gasteiger charge is 2.12. The van der Waals surface area contributed by atoms with Gasteiger partial charge in [-0.2, -0.15) is 5.10 Å². The number of hydrogen-bond donors (Lipinski definition) is 1. The molecule has 1 aromatic carbocycles. The number of hydrogen-bond acceptors (Lipinski definition) is 3. The molecule has 0 bridgehead atoms. The summed E-state index contributed by atoms with van der Waals surface area (Å²) in [5.74, 6) is 0.784. The molecule has 3 rings (SSSR count). The second-order valence-electron chi connectivity index (χ2n) is 4.73. The number of aromatic amines is 1. The molecule has 6 heteroatoms. The molecule has 0 amide bonds. The number of rotatable bonds is 3. The average molecular weight is 317 g/mol. The molecule has 0 atom stereocenters. The van der Waals surface area contributed by atoms with Gasteiger partial charge in [0.1, 0.15) is 5.82 Å². The minimum absolute atomic E-state index is 0.522. The van der Waals surface area contributed by atoms with E-state index in [1.54, 1.807) is 6.20 Å². The molecule has 0 aliphatic heterocycles. The van der Waals surface area contributed by atoms with Crippen LogP contribution in [-0.2, 0) is 6.42 Å². The number of aryl methyl sites for hydroxylation is 1. The summed E-state index contributed by atoms with van der Waals surface area (Å²) in [5.41, 5.74) is 2.87. The molecule has 0 spiro atoms. The molecule has 0 saturated carbocycles. The first-order chi connectivity index (χ1) is 10.1. The predicted octanol–water partition coefficient (Wildman–Crippen LogP) is 3.88. The van der Waals surface area contributed by atoms with Crippen molar-refractivity contribution in [3.63, 3.8) is 0 Å². The van der Waals surface area contributed by atoms with Crippen LogP contribution in [0.25, 0.3) is 5.69 Å². The smallest absolute Gasteiger partial charge is 0.199 e. The molecule has 4 nitrogen and oxygen atoms in total. The standard InChI is InChI=1S/C15H13ClN4S/c1-10-5-6-12(16)13(8-10)20-14(18-19-15(20)21)9-11-4-2-3-7-17-11/h2-8H,9H2,1H3,(H,19,21). The van der Waals surface area contributed by atoms with E-state index in [1.807, 2.05) is 47.9 Å². The van der Waals surface area contributed by atoms with Crippen molar-refractivity contribution in [3.8, 4) is 5.69 Å². The van der Waals surface area contributed by atoms with E-state index in [9.17, 15) is 0 Å². The zero-order valence-corrected chi connectivity index (χ0v) is 12.9. The van der Waals surface area contributed by atoms with Crippen molar-refractivity contribution in [3.05, 3.63) is 69.5 Å². The van der Waals surface area contributed by atoms with E-state index >= 15 is 0 Å². The van der Waals surface area contributed by atoms with E-state index in [1.165, 1.54) is 0 Å². The second-order valence-corrected chi connectivity index (χ2v) is 5.53. The van der Waals surface area contributed by atoms with Gasteiger partial charge in [-0.15, -0.1) is 0 Å². The lowest BCUT2D eigenvalue weighted by molar-refractivity contribution is 0.881. The van der Waals surface area contributed by atoms with Gasteiger partial charge in [0.25, 0.3) is 0 Å². The van der Waals surface area contributed by atoms with Gasteiger partial charge in [0.2, 0.25) is 0 Å². The molecule has 2 heterocycles. The summed E-state index contributed by atoms with van der Waals surface area (Å²) in [6.07, 6.45) is 2.35. The molecular weight excluding hydrogens is 304 g/mol. The predicted molar refractivity (Wildman–Crippen MR) is 85.5 cm³/mol. The fourth-order valence-electron chi connectivity index (χ4n) is 2.16. The Morgan fingerprint density at radius 2 is 2.14 bits per heavy atom. The van der Waals surface area contributed by atoms with E-state index in [2.05, 4.69) is 15.2 Å². The molecule has 2 aromatic heterocycles. The molecule has 0 unspecified atom stereocenters. The van der Waals surface area contributed by atoms with Crippen LogP contribution in [0.2, 0.25) is 5.02 Å². The minimum atomic E-state index is 0.522. The van der Waals surface area contributed by atoms with E-state index in [4.69, 9.17) is 23.8 Å². The number of H-pyrrole nitrogens is 1. The highest BCUT2D eigenvalue weighted by molar-refractivity contribution is 7.71. The quantitative estimate of drug-likeness (QED) is 0.746. The summed E-state index contributed by atoms with van der Waals surface area (Å²) >= 11 is 11.7. The summed E-state index contributed by atoms with van der Waals surface area (Å²) in [4.78, 5) is 4.32. The van der Waals surface area contributed by atoms with Crippen molar-refractivity contribution >= 4 is 23.8 Å². The third kappa shape index (κ3) is 2.89. The Morgan fingerprint density at radius 1 is 1.29 bits per heavy atom. The summed E-state index contributed by atoms with van der Waals surface area (Å²) in [6.45, 7) is 2.02. The highest BCUT2D eigenvalue weighted by atomic mass is 35.5. The molecule has 0 aliphatic rings. The van der Waals surface area contributed by atoms with Gasteiger partial charge >= 0.3 is 0 Å². The van der Waals surface area contributed by atoms with Crippen molar-refractivity contribution in [1.82, 2.24) is 19.7 Å². The monoisotopic (exact) mass is 316 g/mol. The SMILES string of the molecule is Cc1ccc(Cl)c(-n2c(Cc3ccccn3)n[nH]c2=S)c1. The van der Waals surface area contributed by atoms with Crippen molar-refractivity contribution < 1.29 is 0 Å². The number of nitrogens with one attached hydrogen (secondary N) is 1. The van der Waals surface area contributed by atoms with Gasteiger partial charge in [0.15, 0.2) is 4.77 Å². The van der Waals surface area contributed by atoms with Crippen LogP contribution in [0.3, 0.4) is 0 Å². The fraction of sp³-hybridized carbons (Fsp3) is 0.133. The minimum Gasteiger partial charge on any atom is -0.270 e. The van der Waals surface area contributed by atoms with Gasteiger partial charge in [-0.3, -0.25) is 14.6 Å². The summed E-state index contributed by atoms with van der Waals surface area (Å²) in [6, 6.07) is 11.6. The van der Waals surface area contributed by atoms with Gasteiger partial charge in [0, 0.05) is 11.9 Å². The summed E-state index contributed by atoms with van der Waals surface area (Å²) < 4.78 is 2.38. The van der Waals surface area contributed by atoms with Crippen LogP contribution >= 0.6 is 23.8 Å². The molecule has 1 N–H and O–H groups in total. The Hall–Kier alpha value is -1.98. The van der Waals surface area contributed by atoms with Gasteiger partial charge in [0.05, 0.1) is 17.1 Å². The van der Waals surface area contributed by atoms with E-state index in [0.717, 1.165) is 22.8 Å². The normalized spacial score (nSPS) is 10.8. The van der Waals surface area contributed by atoms with Gasteiger partial charge < -0.3 is 0 Å². The fourth-order valence-corrected chi connectivity index (χ4v) is 2.61. The zero-order valence-electron chi connectivity index (χ0n) is 11.4. The Balaban J connectivity index is 2.09. The topological polar surface area (TPSA) is 46.5 Å². The first-order valence-electron chi connectivity index (χ1n) is 6.48. The maximum absolute atomic E-state index is 6.31. The number of pyridine rings is 1. The van der Waals surface area contributed by atoms with Crippen LogP contribution < -0.4 is 0 Å². The van der Waals surface area contributed by atoms with Crippen LogP contribution in [-0.4, -0.2) is 19.7 Å². The largest absolute Gasteiger partial charge is 0.270 e. The van der Waals surface area contributed by atoms with Gasteiger partial charge in [-0.1, -0.05) is 23.7 Å². The van der Waals surface area contributed by atoms with Crippen LogP contribution in [0.15, 0.2) is 42.6 Å². The summed E-state index contributed by atoms with van der Waals surface area (Å²) in [5, 5.41) is 7.78. The lowest BCUT2D eigenvalue weighted by Crippen LogP contribution is -2.04. The third-order valence-electron chi connectivity index (χ3n) is 3.15.